The van der Waals surface area contributed by atoms with Crippen LogP contribution < -0.4 is 5.32 Å². The summed E-state index contributed by atoms with van der Waals surface area (Å²) in [6, 6.07) is 16.2. The Labute approximate surface area is 141 Å². The molecule has 3 rings (SSSR count). The topological polar surface area (TPSA) is 109 Å². The molecule has 0 radical (unpaired) electrons. The predicted molar refractivity (Wildman–Crippen MR) is 90.3 cm³/mol. The van der Waals surface area contributed by atoms with E-state index >= 15 is 0 Å². The van der Waals surface area contributed by atoms with Crippen molar-refractivity contribution in [3.8, 4) is 28.8 Å². The number of allylic oxidation sites excluding steroid dienone is 2. The summed E-state index contributed by atoms with van der Waals surface area (Å²) in [4.78, 5) is 9.66. The Balaban J connectivity index is 1.98. The van der Waals surface area contributed by atoms with Gasteiger partial charge in [-0.05, 0) is 24.3 Å². The second kappa shape index (κ2) is 6.58. The van der Waals surface area contributed by atoms with Crippen LogP contribution >= 0.6 is 11.3 Å². The normalized spacial score (nSPS) is 9.54. The third-order valence-corrected chi connectivity index (χ3v) is 4.16. The van der Waals surface area contributed by atoms with Gasteiger partial charge in [0.15, 0.2) is 5.57 Å². The maximum absolute atomic E-state index is 9.11. The summed E-state index contributed by atoms with van der Waals surface area (Å²) in [5.41, 5.74) is 1.94. The number of hydrogen-bond donors (Lipinski definition) is 1. The Kier molecular flexibility index (Phi) is 4.16. The van der Waals surface area contributed by atoms with Crippen molar-refractivity contribution in [1.82, 2.24) is 9.97 Å². The lowest BCUT2D eigenvalue weighted by Crippen LogP contribution is -2.00. The van der Waals surface area contributed by atoms with Crippen LogP contribution in [0, 0.1) is 34.0 Å². The van der Waals surface area contributed by atoms with Crippen LogP contribution in [-0.4, -0.2) is 9.97 Å². The van der Waals surface area contributed by atoms with E-state index in [2.05, 4.69) is 15.3 Å². The maximum Gasteiger partial charge on any atom is 0.163 e. The molecule has 0 unspecified atom stereocenters. The Morgan fingerprint density at radius 3 is 2.58 bits per heavy atom. The zero-order valence-corrected chi connectivity index (χ0v) is 13.0. The largest absolute Gasteiger partial charge is 0.345 e. The van der Waals surface area contributed by atoms with E-state index in [-0.39, 0.29) is 11.3 Å². The third kappa shape index (κ3) is 2.91. The molecule has 0 aliphatic carbocycles. The lowest BCUT2D eigenvalue weighted by Gasteiger charge is -2.05. The number of anilines is 1. The van der Waals surface area contributed by atoms with Gasteiger partial charge in [-0.3, -0.25) is 0 Å². The van der Waals surface area contributed by atoms with Gasteiger partial charge in [-0.1, -0.05) is 23.5 Å². The Morgan fingerprint density at radius 2 is 1.88 bits per heavy atom. The Bertz CT molecular complexity index is 1030. The van der Waals surface area contributed by atoms with Crippen molar-refractivity contribution in [1.29, 1.82) is 15.8 Å². The second-order valence-electron chi connectivity index (χ2n) is 4.64. The van der Waals surface area contributed by atoms with E-state index in [1.807, 2.05) is 30.3 Å². The molecule has 7 heteroatoms. The van der Waals surface area contributed by atoms with Gasteiger partial charge in [0, 0.05) is 17.4 Å². The molecule has 2 aromatic heterocycles. The highest BCUT2D eigenvalue weighted by atomic mass is 32.1. The SMILES string of the molecule is N#CC(C#N)=C(C#N)Nc1cccc(-c2nc3cccnc3s2)c1. The third-order valence-electron chi connectivity index (χ3n) is 3.13. The fraction of sp³-hybridized carbons (Fsp3) is 0. The molecule has 0 amide bonds. The molecule has 0 atom stereocenters. The second-order valence-corrected chi connectivity index (χ2v) is 5.62. The predicted octanol–water partition coefficient (Wildman–Crippen LogP) is 3.60. The molecule has 0 saturated carbocycles. The zero-order chi connectivity index (χ0) is 16.9. The molecule has 0 spiro atoms. The first-order valence-corrected chi connectivity index (χ1v) is 7.60. The molecule has 1 aromatic carbocycles. The van der Waals surface area contributed by atoms with E-state index < -0.39 is 0 Å². The molecule has 112 valence electrons. The summed E-state index contributed by atoms with van der Waals surface area (Å²) >= 11 is 1.47. The Hall–Kier alpha value is -3.73. The van der Waals surface area contributed by atoms with Crippen molar-refractivity contribution in [3.05, 3.63) is 53.9 Å². The molecule has 6 nitrogen and oxygen atoms in total. The van der Waals surface area contributed by atoms with Gasteiger partial charge in [0.05, 0.1) is 0 Å². The number of nitrogens with one attached hydrogen (secondary N) is 1. The van der Waals surface area contributed by atoms with Gasteiger partial charge < -0.3 is 5.32 Å². The quantitative estimate of drug-likeness (QED) is 0.736. The van der Waals surface area contributed by atoms with E-state index in [1.165, 1.54) is 11.3 Å². The lowest BCUT2D eigenvalue weighted by molar-refractivity contribution is 1.37. The molecule has 0 saturated heterocycles. The first-order chi connectivity index (χ1) is 11.7. The number of rotatable bonds is 3. The maximum atomic E-state index is 9.11. The van der Waals surface area contributed by atoms with Gasteiger partial charge in [0.1, 0.15) is 39.3 Å². The molecule has 0 aliphatic rings. The van der Waals surface area contributed by atoms with Crippen LogP contribution in [0.4, 0.5) is 5.69 Å². The fourth-order valence-corrected chi connectivity index (χ4v) is 2.95. The van der Waals surface area contributed by atoms with Crippen molar-refractivity contribution in [2.75, 3.05) is 5.32 Å². The summed E-state index contributed by atoms with van der Waals surface area (Å²) in [7, 11) is 0. The highest BCUT2D eigenvalue weighted by Gasteiger charge is 2.09. The average Bonchev–Trinajstić information content (AvgIpc) is 3.06. The van der Waals surface area contributed by atoms with Crippen molar-refractivity contribution >= 4 is 27.4 Å². The highest BCUT2D eigenvalue weighted by Crippen LogP contribution is 2.30. The number of thiazole rings is 1. The minimum Gasteiger partial charge on any atom is -0.345 e. The number of aromatic nitrogens is 2. The number of benzene rings is 1. The lowest BCUT2D eigenvalue weighted by atomic mass is 10.2. The van der Waals surface area contributed by atoms with Crippen molar-refractivity contribution in [2.24, 2.45) is 0 Å². The van der Waals surface area contributed by atoms with Crippen molar-refractivity contribution < 1.29 is 0 Å². The van der Waals surface area contributed by atoms with Gasteiger partial charge in [-0.15, -0.1) is 0 Å². The molecular formula is C17H8N6S. The van der Waals surface area contributed by atoms with Crippen LogP contribution in [0.15, 0.2) is 53.9 Å². The van der Waals surface area contributed by atoms with E-state index in [9.17, 15) is 0 Å². The number of hydrogen-bond acceptors (Lipinski definition) is 7. The van der Waals surface area contributed by atoms with Gasteiger partial charge in [0.2, 0.25) is 0 Å². The molecule has 0 bridgehead atoms. The number of nitriles is 3. The minimum atomic E-state index is -0.257. The molecule has 3 aromatic rings. The summed E-state index contributed by atoms with van der Waals surface area (Å²) in [6.45, 7) is 0. The van der Waals surface area contributed by atoms with Crippen LogP contribution in [0.1, 0.15) is 0 Å². The van der Waals surface area contributed by atoms with Gasteiger partial charge in [0.25, 0.3) is 0 Å². The molecule has 0 aliphatic heterocycles. The van der Waals surface area contributed by atoms with E-state index in [1.54, 1.807) is 30.5 Å². The van der Waals surface area contributed by atoms with E-state index in [0.717, 1.165) is 20.9 Å². The molecular weight excluding hydrogens is 320 g/mol. The first kappa shape index (κ1) is 15.2. The van der Waals surface area contributed by atoms with Gasteiger partial charge in [-0.2, -0.15) is 15.8 Å². The van der Waals surface area contributed by atoms with E-state index in [4.69, 9.17) is 15.8 Å². The zero-order valence-electron chi connectivity index (χ0n) is 12.2. The Morgan fingerprint density at radius 1 is 1.04 bits per heavy atom. The van der Waals surface area contributed by atoms with Gasteiger partial charge in [-0.25, -0.2) is 9.97 Å². The summed E-state index contributed by atoms with van der Waals surface area (Å²) in [5, 5.41) is 30.5. The van der Waals surface area contributed by atoms with Crippen LogP contribution in [0.25, 0.3) is 20.9 Å². The van der Waals surface area contributed by atoms with Crippen LogP contribution in [0.5, 0.6) is 0 Å². The molecule has 2 heterocycles. The number of pyridine rings is 1. The average molecular weight is 328 g/mol. The van der Waals surface area contributed by atoms with Crippen LogP contribution in [0.3, 0.4) is 0 Å². The molecule has 0 fully saturated rings. The van der Waals surface area contributed by atoms with Crippen molar-refractivity contribution in [3.63, 3.8) is 0 Å². The highest BCUT2D eigenvalue weighted by molar-refractivity contribution is 7.21. The monoisotopic (exact) mass is 328 g/mol. The first-order valence-electron chi connectivity index (χ1n) is 6.78. The standard InChI is InChI=1S/C17H8N6S/c18-8-12(9-19)15(10-20)22-13-4-1-3-11(7-13)16-23-14-5-2-6-21-17(14)24-16/h1-7,22H. The van der Waals surface area contributed by atoms with Crippen LogP contribution in [-0.2, 0) is 0 Å². The molecule has 1 N–H and O–H groups in total. The summed E-state index contributed by atoms with van der Waals surface area (Å²) < 4.78 is 0. The summed E-state index contributed by atoms with van der Waals surface area (Å²) in [6.07, 6.45) is 1.72. The minimum absolute atomic E-state index is 0.0804. The number of fused-ring (bicyclic) bond motifs is 1. The fourth-order valence-electron chi connectivity index (χ4n) is 2.05. The van der Waals surface area contributed by atoms with Gasteiger partial charge >= 0.3 is 0 Å². The molecule has 24 heavy (non-hydrogen) atoms. The van der Waals surface area contributed by atoms with Crippen molar-refractivity contribution in [2.45, 2.75) is 0 Å². The van der Waals surface area contributed by atoms with Crippen LogP contribution in [0.2, 0.25) is 0 Å². The smallest absolute Gasteiger partial charge is 0.163 e. The van der Waals surface area contributed by atoms with E-state index in [0.29, 0.717) is 5.69 Å². The summed E-state index contributed by atoms with van der Waals surface area (Å²) in [5.74, 6) is 0. The number of nitrogens with zero attached hydrogens (tertiary/aromatic N) is 5.